The van der Waals surface area contributed by atoms with Crippen LogP contribution in [0.2, 0.25) is 0 Å². The molecule has 1 nitrogen and oxygen atoms in total. The van der Waals surface area contributed by atoms with Gasteiger partial charge in [-0.15, -0.1) is 0 Å². The highest BCUT2D eigenvalue weighted by molar-refractivity contribution is 5.69. The summed E-state index contributed by atoms with van der Waals surface area (Å²) in [7, 11) is 0. The molecule has 2 aromatic rings. The van der Waals surface area contributed by atoms with E-state index in [9.17, 15) is 4.39 Å². The van der Waals surface area contributed by atoms with Crippen molar-refractivity contribution in [3.63, 3.8) is 0 Å². The van der Waals surface area contributed by atoms with Crippen LogP contribution in [0.4, 0.5) is 4.39 Å². The van der Waals surface area contributed by atoms with Gasteiger partial charge in [0.25, 0.3) is 0 Å². The van der Waals surface area contributed by atoms with Crippen molar-refractivity contribution in [3.8, 4) is 16.9 Å². The van der Waals surface area contributed by atoms with Crippen molar-refractivity contribution in [2.75, 3.05) is 0 Å². The van der Waals surface area contributed by atoms with Crippen LogP contribution in [0.1, 0.15) is 18.1 Å². The maximum absolute atomic E-state index is 14.0. The van der Waals surface area contributed by atoms with Gasteiger partial charge >= 0.3 is 0 Å². The van der Waals surface area contributed by atoms with E-state index in [2.05, 4.69) is 0 Å². The van der Waals surface area contributed by atoms with Gasteiger partial charge in [0.1, 0.15) is 6.10 Å². The van der Waals surface area contributed by atoms with Crippen molar-refractivity contribution in [2.45, 2.75) is 26.4 Å². The van der Waals surface area contributed by atoms with Crippen LogP contribution in [0.5, 0.6) is 5.75 Å². The highest BCUT2D eigenvalue weighted by atomic mass is 19.1. The number of hydrogen-bond acceptors (Lipinski definition) is 1. The van der Waals surface area contributed by atoms with Gasteiger partial charge in [-0.1, -0.05) is 24.3 Å². The largest absolute Gasteiger partial charge is 0.487 e. The van der Waals surface area contributed by atoms with Gasteiger partial charge < -0.3 is 4.74 Å². The Morgan fingerprint density at radius 1 is 1.22 bits per heavy atom. The van der Waals surface area contributed by atoms with Crippen molar-refractivity contribution in [2.24, 2.45) is 0 Å². The third-order valence-electron chi connectivity index (χ3n) is 3.40. The smallest absolute Gasteiger partial charge is 0.165 e. The molecule has 1 aliphatic heterocycles. The van der Waals surface area contributed by atoms with E-state index in [0.717, 1.165) is 28.7 Å². The van der Waals surface area contributed by atoms with E-state index in [1.807, 2.05) is 44.2 Å². The van der Waals surface area contributed by atoms with Crippen LogP contribution in [0.3, 0.4) is 0 Å². The van der Waals surface area contributed by atoms with Gasteiger partial charge in [-0.25, -0.2) is 4.39 Å². The Hall–Kier alpha value is -1.83. The van der Waals surface area contributed by atoms with Crippen molar-refractivity contribution >= 4 is 0 Å². The summed E-state index contributed by atoms with van der Waals surface area (Å²) in [5.74, 6) is 0.176. The molecule has 18 heavy (non-hydrogen) atoms. The lowest BCUT2D eigenvalue weighted by molar-refractivity contribution is 0.245. The standard InChI is InChI=1S/C16H15FO/c1-10-5-3-4-6-14(10)12-8-13-7-11(2)18-16(13)15(17)9-12/h3-6,8-9,11H,7H2,1-2H3. The SMILES string of the molecule is Cc1ccccc1-c1cc(F)c2c(c1)CC(C)O2. The summed E-state index contributed by atoms with van der Waals surface area (Å²) < 4.78 is 19.5. The van der Waals surface area contributed by atoms with Crippen LogP contribution in [0.15, 0.2) is 36.4 Å². The number of hydrogen-bond donors (Lipinski definition) is 0. The minimum absolute atomic E-state index is 0.0709. The minimum Gasteiger partial charge on any atom is -0.487 e. The molecule has 0 fully saturated rings. The molecule has 3 rings (SSSR count). The van der Waals surface area contributed by atoms with E-state index < -0.39 is 0 Å². The first kappa shape index (κ1) is 11.3. The maximum Gasteiger partial charge on any atom is 0.165 e. The Morgan fingerprint density at radius 2 is 2.00 bits per heavy atom. The molecule has 0 spiro atoms. The first-order valence-electron chi connectivity index (χ1n) is 6.20. The number of rotatable bonds is 1. The van der Waals surface area contributed by atoms with Crippen LogP contribution in [0, 0.1) is 12.7 Å². The van der Waals surface area contributed by atoms with Gasteiger partial charge in [-0.2, -0.15) is 0 Å². The summed E-state index contributed by atoms with van der Waals surface area (Å²) in [6.07, 6.45) is 0.855. The van der Waals surface area contributed by atoms with Crippen LogP contribution in [-0.4, -0.2) is 6.10 Å². The van der Waals surface area contributed by atoms with Gasteiger partial charge in [0.15, 0.2) is 11.6 Å². The molecule has 0 amide bonds. The second-order valence-corrected chi connectivity index (χ2v) is 4.89. The van der Waals surface area contributed by atoms with E-state index >= 15 is 0 Å². The Balaban J connectivity index is 2.14. The Morgan fingerprint density at radius 3 is 2.78 bits per heavy atom. The lowest BCUT2D eigenvalue weighted by atomic mass is 9.97. The molecule has 1 aliphatic rings. The van der Waals surface area contributed by atoms with Crippen LogP contribution in [0.25, 0.3) is 11.1 Å². The molecule has 0 radical (unpaired) electrons. The van der Waals surface area contributed by atoms with Gasteiger partial charge in [0.05, 0.1) is 0 Å². The van der Waals surface area contributed by atoms with Crippen LogP contribution >= 0.6 is 0 Å². The Labute approximate surface area is 106 Å². The molecule has 0 N–H and O–H groups in total. The van der Waals surface area contributed by atoms with Gasteiger partial charge in [-0.05, 0) is 42.7 Å². The van der Waals surface area contributed by atoms with E-state index in [1.165, 1.54) is 0 Å². The molecular weight excluding hydrogens is 227 g/mol. The summed E-state index contributed by atoms with van der Waals surface area (Å²) in [4.78, 5) is 0. The van der Waals surface area contributed by atoms with Gasteiger partial charge in [0.2, 0.25) is 0 Å². The fourth-order valence-electron chi connectivity index (χ4n) is 2.54. The second-order valence-electron chi connectivity index (χ2n) is 4.89. The zero-order chi connectivity index (χ0) is 12.7. The van der Waals surface area contributed by atoms with Crippen LogP contribution < -0.4 is 4.74 Å². The number of fused-ring (bicyclic) bond motifs is 1. The lowest BCUT2D eigenvalue weighted by Crippen LogP contribution is -2.05. The summed E-state index contributed by atoms with van der Waals surface area (Å²) in [6, 6.07) is 11.7. The Bertz CT molecular complexity index is 604. The molecule has 92 valence electrons. The minimum atomic E-state index is -0.255. The molecule has 0 aromatic heterocycles. The van der Waals surface area contributed by atoms with Crippen molar-refractivity contribution in [3.05, 3.63) is 53.3 Å². The van der Waals surface area contributed by atoms with Crippen molar-refractivity contribution in [1.29, 1.82) is 0 Å². The average molecular weight is 242 g/mol. The predicted molar refractivity (Wildman–Crippen MR) is 70.4 cm³/mol. The first-order chi connectivity index (χ1) is 8.65. The Kier molecular flexibility index (Phi) is 2.58. The van der Waals surface area contributed by atoms with E-state index in [0.29, 0.717) is 5.75 Å². The van der Waals surface area contributed by atoms with Crippen molar-refractivity contribution < 1.29 is 9.13 Å². The summed E-state index contributed by atoms with van der Waals surface area (Å²) >= 11 is 0. The zero-order valence-corrected chi connectivity index (χ0v) is 10.5. The molecule has 1 heterocycles. The van der Waals surface area contributed by atoms with E-state index in [4.69, 9.17) is 4.74 Å². The topological polar surface area (TPSA) is 9.23 Å². The van der Waals surface area contributed by atoms with Crippen LogP contribution in [-0.2, 0) is 6.42 Å². The average Bonchev–Trinajstić information content (AvgIpc) is 2.71. The molecule has 0 saturated heterocycles. The number of benzene rings is 2. The maximum atomic E-state index is 14.0. The molecule has 1 atom stereocenters. The molecule has 0 bridgehead atoms. The quantitative estimate of drug-likeness (QED) is 0.730. The normalized spacial score (nSPS) is 17.4. The molecule has 0 aliphatic carbocycles. The summed E-state index contributed by atoms with van der Waals surface area (Å²) in [5.41, 5.74) is 4.14. The number of aryl methyl sites for hydroxylation is 1. The lowest BCUT2D eigenvalue weighted by Gasteiger charge is -2.08. The predicted octanol–water partition coefficient (Wildman–Crippen LogP) is 4.12. The fourth-order valence-corrected chi connectivity index (χ4v) is 2.54. The van der Waals surface area contributed by atoms with Gasteiger partial charge in [0, 0.05) is 12.0 Å². The van der Waals surface area contributed by atoms with Crippen molar-refractivity contribution in [1.82, 2.24) is 0 Å². The number of halogens is 1. The molecular formula is C16H15FO. The second kappa shape index (κ2) is 4.13. The summed E-state index contributed by atoms with van der Waals surface area (Å²) in [5, 5.41) is 0. The summed E-state index contributed by atoms with van der Waals surface area (Å²) in [6.45, 7) is 4.01. The van der Waals surface area contributed by atoms with Gasteiger partial charge in [-0.3, -0.25) is 0 Å². The monoisotopic (exact) mass is 242 g/mol. The number of ether oxygens (including phenoxy) is 1. The highest BCUT2D eigenvalue weighted by Crippen LogP contribution is 2.36. The first-order valence-corrected chi connectivity index (χ1v) is 6.20. The molecule has 2 heteroatoms. The fraction of sp³-hybridized carbons (Fsp3) is 0.250. The molecule has 2 aromatic carbocycles. The zero-order valence-electron chi connectivity index (χ0n) is 10.5. The third kappa shape index (κ3) is 1.78. The molecule has 1 unspecified atom stereocenters. The molecule has 0 saturated carbocycles. The third-order valence-corrected chi connectivity index (χ3v) is 3.40. The highest BCUT2D eigenvalue weighted by Gasteiger charge is 2.23. The van der Waals surface area contributed by atoms with E-state index in [-0.39, 0.29) is 11.9 Å². The van der Waals surface area contributed by atoms with E-state index in [1.54, 1.807) is 6.07 Å².